The predicted octanol–water partition coefficient (Wildman–Crippen LogP) is -0.766. The van der Waals surface area contributed by atoms with Crippen LogP contribution in [-0.4, -0.2) is 23.5 Å². The second kappa shape index (κ2) is 3.60. The van der Waals surface area contributed by atoms with Crippen LogP contribution in [0.1, 0.15) is 13.8 Å². The summed E-state index contributed by atoms with van der Waals surface area (Å²) in [5.74, 6) is -4.61. The van der Waals surface area contributed by atoms with E-state index >= 15 is 0 Å². The van der Waals surface area contributed by atoms with Crippen molar-refractivity contribution in [1.29, 1.82) is 0 Å². The topological polar surface area (TPSA) is 77.5 Å². The van der Waals surface area contributed by atoms with E-state index in [1.807, 2.05) is 0 Å². The van der Waals surface area contributed by atoms with Gasteiger partial charge in [0.2, 0.25) is 5.78 Å². The third-order valence-corrected chi connectivity index (χ3v) is 0.742. The molecule has 0 aliphatic carbocycles. The van der Waals surface area contributed by atoms with Crippen LogP contribution in [0.3, 0.4) is 0 Å². The third-order valence-electron chi connectivity index (χ3n) is 0.742. The second-order valence-electron chi connectivity index (χ2n) is 1.77. The van der Waals surface area contributed by atoms with Crippen molar-refractivity contribution in [2.75, 3.05) is 0 Å². The Hall–Kier alpha value is -1.52. The maximum absolute atomic E-state index is 10.4. The first-order valence-corrected chi connectivity index (χ1v) is 2.72. The highest BCUT2D eigenvalue weighted by Crippen LogP contribution is 1.83. The van der Waals surface area contributed by atoms with E-state index in [-0.39, 0.29) is 0 Å². The lowest BCUT2D eigenvalue weighted by Crippen LogP contribution is -2.25. The number of rotatable bonds is 2. The van der Waals surface area contributed by atoms with Crippen LogP contribution in [0.4, 0.5) is 0 Å². The Kier molecular flexibility index (Phi) is 3.10. The van der Waals surface area contributed by atoms with E-state index in [0.29, 0.717) is 0 Å². The molecular weight excluding hydrogens is 152 g/mol. The molecule has 0 radical (unpaired) electrons. The van der Waals surface area contributed by atoms with E-state index in [1.54, 1.807) is 0 Å². The first-order valence-electron chi connectivity index (χ1n) is 2.72. The second-order valence-corrected chi connectivity index (χ2v) is 1.77. The van der Waals surface area contributed by atoms with Gasteiger partial charge < -0.3 is 4.74 Å². The highest BCUT2D eigenvalue weighted by Gasteiger charge is 2.21. The van der Waals surface area contributed by atoms with Crippen molar-refractivity contribution >= 4 is 23.5 Å². The van der Waals surface area contributed by atoms with Gasteiger partial charge in [-0.05, 0) is 0 Å². The lowest BCUT2D eigenvalue weighted by molar-refractivity contribution is -0.163. The molecule has 0 aliphatic heterocycles. The van der Waals surface area contributed by atoms with Crippen LogP contribution in [0.15, 0.2) is 0 Å². The van der Waals surface area contributed by atoms with Crippen LogP contribution in [0.2, 0.25) is 0 Å². The van der Waals surface area contributed by atoms with Crippen molar-refractivity contribution in [2.24, 2.45) is 0 Å². The molecule has 0 bridgehead atoms. The molecule has 5 heteroatoms. The maximum Gasteiger partial charge on any atom is 0.390 e. The van der Waals surface area contributed by atoms with Crippen molar-refractivity contribution in [2.45, 2.75) is 13.8 Å². The van der Waals surface area contributed by atoms with Gasteiger partial charge in [0.1, 0.15) is 0 Å². The van der Waals surface area contributed by atoms with Crippen LogP contribution >= 0.6 is 0 Å². The normalized spacial score (nSPS) is 8.55. The fourth-order valence-corrected chi connectivity index (χ4v) is 0.321. The molecule has 0 atom stereocenters. The quantitative estimate of drug-likeness (QED) is 0.299. The van der Waals surface area contributed by atoms with Gasteiger partial charge in [0.05, 0.1) is 0 Å². The fourth-order valence-electron chi connectivity index (χ4n) is 0.321. The van der Waals surface area contributed by atoms with Crippen LogP contribution in [-0.2, 0) is 23.9 Å². The van der Waals surface area contributed by atoms with Crippen LogP contribution in [0.25, 0.3) is 0 Å². The van der Waals surface area contributed by atoms with Crippen molar-refractivity contribution in [3.05, 3.63) is 0 Å². The van der Waals surface area contributed by atoms with Crippen molar-refractivity contribution < 1.29 is 23.9 Å². The van der Waals surface area contributed by atoms with E-state index in [9.17, 15) is 19.2 Å². The summed E-state index contributed by atoms with van der Waals surface area (Å²) in [6.45, 7) is 1.88. The molecule has 0 heterocycles. The minimum Gasteiger partial charge on any atom is -0.387 e. The summed E-state index contributed by atoms with van der Waals surface area (Å²) in [7, 11) is 0. The third kappa shape index (κ3) is 3.24. The summed E-state index contributed by atoms with van der Waals surface area (Å²) in [6, 6.07) is 0. The van der Waals surface area contributed by atoms with Crippen molar-refractivity contribution in [3.8, 4) is 0 Å². The van der Waals surface area contributed by atoms with E-state index in [0.717, 1.165) is 13.8 Å². The number of ketones is 2. The zero-order valence-corrected chi connectivity index (χ0v) is 6.04. The SMILES string of the molecule is CC(=O)OC(=O)C(=O)C(C)=O. The Bertz CT molecular complexity index is 227. The molecule has 0 saturated heterocycles. The number of hydrogen-bond donors (Lipinski definition) is 0. The molecule has 0 aromatic rings. The lowest BCUT2D eigenvalue weighted by Gasteiger charge is -1.93. The zero-order valence-electron chi connectivity index (χ0n) is 6.04. The number of hydrogen-bond acceptors (Lipinski definition) is 5. The highest BCUT2D eigenvalue weighted by atomic mass is 16.6. The molecule has 0 unspecified atom stereocenters. The van der Waals surface area contributed by atoms with Gasteiger partial charge >= 0.3 is 17.7 Å². The van der Waals surface area contributed by atoms with Crippen molar-refractivity contribution in [1.82, 2.24) is 0 Å². The standard InChI is InChI=1S/C6H6O5/c1-3(7)5(9)6(10)11-4(2)8/h1-2H3. The smallest absolute Gasteiger partial charge is 0.387 e. The first-order chi connectivity index (χ1) is 4.95. The van der Waals surface area contributed by atoms with Crippen molar-refractivity contribution in [3.63, 3.8) is 0 Å². The Labute approximate surface area is 62.3 Å². The maximum atomic E-state index is 10.4. The van der Waals surface area contributed by atoms with E-state index in [2.05, 4.69) is 4.74 Å². The number of ether oxygens (including phenoxy) is 1. The summed E-state index contributed by atoms with van der Waals surface area (Å²) >= 11 is 0. The first kappa shape index (κ1) is 9.48. The Balaban J connectivity index is 4.16. The van der Waals surface area contributed by atoms with Crippen LogP contribution in [0.5, 0.6) is 0 Å². The molecule has 0 aromatic carbocycles. The molecule has 0 spiro atoms. The largest absolute Gasteiger partial charge is 0.390 e. The van der Waals surface area contributed by atoms with Crippen LogP contribution < -0.4 is 0 Å². The highest BCUT2D eigenvalue weighted by molar-refractivity contribution is 6.62. The molecule has 60 valence electrons. The van der Waals surface area contributed by atoms with Gasteiger partial charge in [0.15, 0.2) is 0 Å². The Morgan fingerprint density at radius 1 is 1.00 bits per heavy atom. The molecule has 0 saturated carbocycles. The molecule has 0 amide bonds. The average molecular weight is 158 g/mol. The number of carbonyl (C=O) groups is 4. The van der Waals surface area contributed by atoms with Gasteiger partial charge in [-0.1, -0.05) is 0 Å². The molecule has 0 N–H and O–H groups in total. The van der Waals surface area contributed by atoms with Gasteiger partial charge in [0.25, 0.3) is 0 Å². The summed E-state index contributed by atoms with van der Waals surface area (Å²) in [5, 5.41) is 0. The average Bonchev–Trinajstić information content (AvgIpc) is 1.84. The lowest BCUT2D eigenvalue weighted by atomic mass is 10.3. The minimum atomic E-state index is -1.43. The molecule has 0 aliphatic rings. The number of carbonyl (C=O) groups excluding carboxylic acids is 4. The summed E-state index contributed by atoms with van der Waals surface area (Å²) in [4.78, 5) is 41.1. The Morgan fingerprint density at radius 3 is 1.73 bits per heavy atom. The van der Waals surface area contributed by atoms with E-state index in [4.69, 9.17) is 0 Å². The van der Waals surface area contributed by atoms with Gasteiger partial charge in [0, 0.05) is 13.8 Å². The minimum absolute atomic E-state index is 0.912. The fraction of sp³-hybridized carbons (Fsp3) is 0.333. The molecular formula is C6H6O5. The van der Waals surface area contributed by atoms with Gasteiger partial charge in [-0.25, -0.2) is 4.79 Å². The van der Waals surface area contributed by atoms with E-state index in [1.165, 1.54) is 0 Å². The molecule has 5 nitrogen and oxygen atoms in total. The molecule has 0 rings (SSSR count). The van der Waals surface area contributed by atoms with Gasteiger partial charge in [-0.3, -0.25) is 14.4 Å². The summed E-state index contributed by atoms with van der Waals surface area (Å²) in [6.07, 6.45) is 0. The van der Waals surface area contributed by atoms with Gasteiger partial charge in [-0.15, -0.1) is 0 Å². The monoisotopic (exact) mass is 158 g/mol. The van der Waals surface area contributed by atoms with E-state index < -0.39 is 23.5 Å². The van der Waals surface area contributed by atoms with Gasteiger partial charge in [-0.2, -0.15) is 0 Å². The molecule has 0 aromatic heterocycles. The summed E-state index contributed by atoms with van der Waals surface area (Å²) < 4.78 is 3.83. The van der Waals surface area contributed by atoms with Crippen LogP contribution in [0, 0.1) is 0 Å². The Morgan fingerprint density at radius 2 is 1.45 bits per heavy atom. The number of esters is 2. The number of Topliss-reactive ketones (excluding diaryl/α,β-unsaturated/α-hetero) is 2. The zero-order chi connectivity index (χ0) is 9.02. The predicted molar refractivity (Wildman–Crippen MR) is 32.5 cm³/mol. The molecule has 0 fully saturated rings. The summed E-state index contributed by atoms with van der Waals surface area (Å²) in [5.41, 5.74) is 0. The molecule has 11 heavy (non-hydrogen) atoms.